The summed E-state index contributed by atoms with van der Waals surface area (Å²) in [6, 6.07) is 13.8. The van der Waals surface area contributed by atoms with Crippen LogP contribution in [0.3, 0.4) is 0 Å². The summed E-state index contributed by atoms with van der Waals surface area (Å²) in [6.45, 7) is 1.77. The maximum Gasteiger partial charge on any atom is 0.162 e. The van der Waals surface area contributed by atoms with Crippen LogP contribution in [0.4, 0.5) is 5.82 Å². The predicted molar refractivity (Wildman–Crippen MR) is 92.7 cm³/mol. The molecule has 0 aliphatic rings. The van der Waals surface area contributed by atoms with E-state index in [9.17, 15) is 9.90 Å². The van der Waals surface area contributed by atoms with Gasteiger partial charge in [0.15, 0.2) is 5.82 Å². The van der Waals surface area contributed by atoms with Crippen molar-refractivity contribution < 1.29 is 9.90 Å². The van der Waals surface area contributed by atoms with E-state index in [0.29, 0.717) is 23.1 Å². The quantitative estimate of drug-likeness (QED) is 0.772. The number of carbonyl (C=O) groups is 1. The Hall–Kier alpha value is -2.66. The van der Waals surface area contributed by atoms with E-state index in [2.05, 4.69) is 15.3 Å². The summed E-state index contributed by atoms with van der Waals surface area (Å²) >= 11 is 5.92. The molecule has 0 amide bonds. The third-order valence-corrected chi connectivity index (χ3v) is 3.96. The number of fused-ring (bicyclic) bond motifs is 1. The van der Waals surface area contributed by atoms with Crippen LogP contribution in [0.5, 0.6) is 0 Å². The first kappa shape index (κ1) is 16.2. The summed E-state index contributed by atoms with van der Waals surface area (Å²) in [5.41, 5.74) is 1.53. The molecule has 0 fully saturated rings. The highest BCUT2D eigenvalue weighted by Gasteiger charge is 2.13. The van der Waals surface area contributed by atoms with Crippen molar-refractivity contribution in [1.29, 1.82) is 0 Å². The highest BCUT2D eigenvalue weighted by molar-refractivity contribution is 6.30. The van der Waals surface area contributed by atoms with E-state index in [1.54, 1.807) is 19.1 Å². The van der Waals surface area contributed by atoms with Gasteiger partial charge in [-0.3, -0.25) is 0 Å². The number of aromatic nitrogens is 2. The summed E-state index contributed by atoms with van der Waals surface area (Å²) in [5.74, 6) is -0.184. The molecule has 1 N–H and O–H groups in total. The average molecular weight is 341 g/mol. The Morgan fingerprint density at radius 1 is 1.17 bits per heavy atom. The van der Waals surface area contributed by atoms with Gasteiger partial charge < -0.3 is 15.2 Å². The van der Waals surface area contributed by atoms with Crippen molar-refractivity contribution in [3.05, 3.63) is 53.6 Å². The number of nitrogens with zero attached hydrogens (tertiary/aromatic N) is 2. The minimum Gasteiger partial charge on any atom is -0.548 e. The molecule has 0 saturated carbocycles. The number of hydrogen-bond acceptors (Lipinski definition) is 5. The zero-order valence-corrected chi connectivity index (χ0v) is 13.7. The first-order valence-electron chi connectivity index (χ1n) is 7.58. The zero-order valence-electron chi connectivity index (χ0n) is 13.0. The third-order valence-electron chi connectivity index (χ3n) is 3.71. The maximum absolute atomic E-state index is 11.2. The fourth-order valence-corrected chi connectivity index (χ4v) is 2.53. The maximum atomic E-state index is 11.2. The van der Waals surface area contributed by atoms with Gasteiger partial charge in [-0.15, -0.1) is 0 Å². The van der Waals surface area contributed by atoms with E-state index in [0.717, 1.165) is 16.5 Å². The van der Waals surface area contributed by atoms with Crippen LogP contribution in [0.25, 0.3) is 22.3 Å². The Balaban J connectivity index is 2.12. The molecule has 0 saturated heterocycles. The summed E-state index contributed by atoms with van der Waals surface area (Å²) in [5, 5.41) is 15.6. The van der Waals surface area contributed by atoms with Crippen molar-refractivity contribution >= 4 is 34.3 Å². The van der Waals surface area contributed by atoms with Crippen LogP contribution in [-0.2, 0) is 4.79 Å². The molecule has 1 heterocycles. The Morgan fingerprint density at radius 2 is 1.88 bits per heavy atom. The van der Waals surface area contributed by atoms with Crippen molar-refractivity contribution in [3.63, 3.8) is 0 Å². The third kappa shape index (κ3) is 3.31. The molecule has 0 bridgehead atoms. The van der Waals surface area contributed by atoms with Gasteiger partial charge in [0, 0.05) is 16.0 Å². The number of anilines is 1. The lowest BCUT2D eigenvalue weighted by molar-refractivity contribution is -0.306. The molecule has 1 atom stereocenters. The number of carboxylic acid groups (broad SMARTS) is 1. The number of hydrogen-bond donors (Lipinski definition) is 1. The highest BCUT2D eigenvalue weighted by Crippen LogP contribution is 2.26. The standard InChI is InChI=1S/C18H16ClN3O2/c1-2-14(18(23)24)20-17-13-5-3-4-6-15(13)21-16(22-17)11-7-9-12(19)10-8-11/h3-10,14H,2H2,1H3,(H,23,24)(H,20,21,22)/p-1/t14-/m1/s1. The SMILES string of the molecule is CC[C@@H](Nc1nc(-c2ccc(Cl)cc2)nc2ccccc12)C(=O)[O-]. The minimum absolute atomic E-state index is 0.386. The smallest absolute Gasteiger partial charge is 0.162 e. The van der Waals surface area contributed by atoms with Gasteiger partial charge in [-0.05, 0) is 42.8 Å². The number of rotatable bonds is 5. The van der Waals surface area contributed by atoms with Crippen LogP contribution in [-0.4, -0.2) is 22.0 Å². The lowest BCUT2D eigenvalue weighted by Crippen LogP contribution is -2.40. The molecule has 3 aromatic rings. The molecule has 5 nitrogen and oxygen atoms in total. The van der Waals surface area contributed by atoms with Gasteiger partial charge in [0.2, 0.25) is 0 Å². The zero-order chi connectivity index (χ0) is 17.1. The largest absolute Gasteiger partial charge is 0.548 e. The number of carboxylic acids is 1. The predicted octanol–water partition coefficient (Wildman–Crippen LogP) is 2.89. The molecule has 0 aliphatic heterocycles. The molecule has 6 heteroatoms. The van der Waals surface area contributed by atoms with Gasteiger partial charge in [-0.2, -0.15) is 0 Å². The molecular weight excluding hydrogens is 326 g/mol. The molecule has 2 aromatic carbocycles. The lowest BCUT2D eigenvalue weighted by atomic mass is 10.1. The van der Waals surface area contributed by atoms with Crippen LogP contribution < -0.4 is 10.4 Å². The molecular formula is C18H15ClN3O2-. The van der Waals surface area contributed by atoms with E-state index in [-0.39, 0.29) is 0 Å². The number of benzene rings is 2. The van der Waals surface area contributed by atoms with Crippen molar-refractivity contribution in [1.82, 2.24) is 9.97 Å². The minimum atomic E-state index is -1.16. The number of nitrogens with one attached hydrogen (secondary N) is 1. The second-order valence-electron chi connectivity index (χ2n) is 5.34. The summed E-state index contributed by atoms with van der Waals surface area (Å²) in [7, 11) is 0. The first-order chi connectivity index (χ1) is 11.6. The number of para-hydroxylation sites is 1. The second-order valence-corrected chi connectivity index (χ2v) is 5.78. The first-order valence-corrected chi connectivity index (χ1v) is 7.96. The summed E-state index contributed by atoms with van der Waals surface area (Å²) in [6.07, 6.45) is 0.386. The Kier molecular flexibility index (Phi) is 4.62. The molecule has 0 radical (unpaired) electrons. The molecule has 0 aliphatic carbocycles. The van der Waals surface area contributed by atoms with Crippen LogP contribution in [0, 0.1) is 0 Å². The van der Waals surface area contributed by atoms with Gasteiger partial charge in [0.25, 0.3) is 0 Å². The molecule has 24 heavy (non-hydrogen) atoms. The van der Waals surface area contributed by atoms with Crippen molar-refractivity contribution in [2.24, 2.45) is 0 Å². The van der Waals surface area contributed by atoms with E-state index in [1.807, 2.05) is 36.4 Å². The van der Waals surface area contributed by atoms with Gasteiger partial charge in [0.05, 0.1) is 17.5 Å². The van der Waals surface area contributed by atoms with E-state index >= 15 is 0 Å². The average Bonchev–Trinajstić information content (AvgIpc) is 2.59. The van der Waals surface area contributed by atoms with E-state index < -0.39 is 12.0 Å². The Bertz CT molecular complexity index is 881. The van der Waals surface area contributed by atoms with E-state index in [1.165, 1.54) is 0 Å². The normalized spacial score (nSPS) is 12.1. The Labute approximate surface area is 144 Å². The van der Waals surface area contributed by atoms with Crippen LogP contribution in [0.1, 0.15) is 13.3 Å². The number of aliphatic carboxylic acids is 1. The van der Waals surface area contributed by atoms with Gasteiger partial charge >= 0.3 is 0 Å². The fraction of sp³-hybridized carbons (Fsp3) is 0.167. The fourth-order valence-electron chi connectivity index (χ4n) is 2.41. The highest BCUT2D eigenvalue weighted by atomic mass is 35.5. The van der Waals surface area contributed by atoms with Crippen molar-refractivity contribution in [2.75, 3.05) is 5.32 Å². The van der Waals surface area contributed by atoms with Gasteiger partial charge in [0.1, 0.15) is 5.82 Å². The molecule has 1 aromatic heterocycles. The molecule has 122 valence electrons. The van der Waals surface area contributed by atoms with Gasteiger partial charge in [-0.25, -0.2) is 9.97 Å². The summed E-state index contributed by atoms with van der Waals surface area (Å²) in [4.78, 5) is 20.3. The van der Waals surface area contributed by atoms with Crippen molar-refractivity contribution in [2.45, 2.75) is 19.4 Å². The molecule has 0 spiro atoms. The number of halogens is 1. The lowest BCUT2D eigenvalue weighted by Gasteiger charge is -2.20. The van der Waals surface area contributed by atoms with Crippen molar-refractivity contribution in [3.8, 4) is 11.4 Å². The monoisotopic (exact) mass is 340 g/mol. The Morgan fingerprint density at radius 3 is 2.54 bits per heavy atom. The van der Waals surface area contributed by atoms with Crippen LogP contribution in [0.15, 0.2) is 48.5 Å². The topological polar surface area (TPSA) is 77.9 Å². The second kappa shape index (κ2) is 6.84. The molecule has 0 unspecified atom stereocenters. The number of carbonyl (C=O) groups excluding carboxylic acids is 1. The molecule has 3 rings (SSSR count). The van der Waals surface area contributed by atoms with Crippen LogP contribution >= 0.6 is 11.6 Å². The van der Waals surface area contributed by atoms with Gasteiger partial charge in [-0.1, -0.05) is 30.7 Å². The van der Waals surface area contributed by atoms with Crippen LogP contribution in [0.2, 0.25) is 5.02 Å². The summed E-state index contributed by atoms with van der Waals surface area (Å²) < 4.78 is 0. The van der Waals surface area contributed by atoms with E-state index in [4.69, 9.17) is 11.6 Å².